The van der Waals surface area contributed by atoms with Gasteiger partial charge in [0.05, 0.1) is 13.1 Å². The monoisotopic (exact) mass is 217 g/mol. The van der Waals surface area contributed by atoms with Gasteiger partial charge in [-0.15, -0.1) is 0 Å². The molecule has 1 saturated carbocycles. The Bertz CT molecular complexity index is 405. The lowest BCUT2D eigenvalue weighted by molar-refractivity contribution is -0.158. The summed E-state index contributed by atoms with van der Waals surface area (Å²) in [7, 11) is 0. The number of rotatable bonds is 2. The minimum Gasteiger partial charge on any atom is -0.381 e. The molecule has 0 atom stereocenters. The van der Waals surface area contributed by atoms with Crippen LogP contribution in [0.2, 0.25) is 0 Å². The van der Waals surface area contributed by atoms with Crippen LogP contribution in [0, 0.1) is 5.92 Å². The number of nitrogens with zero attached hydrogens (tertiary/aromatic N) is 1. The second-order valence-electron chi connectivity index (χ2n) is 4.87. The maximum atomic E-state index is 11.7. The van der Waals surface area contributed by atoms with Crippen LogP contribution >= 0.6 is 0 Å². The van der Waals surface area contributed by atoms with Crippen molar-refractivity contribution < 1.29 is 9.90 Å². The van der Waals surface area contributed by atoms with Crippen LogP contribution in [-0.2, 0) is 10.4 Å². The molecular weight excluding hydrogens is 202 g/mol. The van der Waals surface area contributed by atoms with Gasteiger partial charge in [0.15, 0.2) is 0 Å². The van der Waals surface area contributed by atoms with Crippen molar-refractivity contribution in [2.24, 2.45) is 5.92 Å². The summed E-state index contributed by atoms with van der Waals surface area (Å²) >= 11 is 0. The van der Waals surface area contributed by atoms with Crippen LogP contribution in [0.1, 0.15) is 18.4 Å². The molecule has 1 N–H and O–H groups in total. The van der Waals surface area contributed by atoms with Crippen LogP contribution in [-0.4, -0.2) is 29.0 Å². The molecule has 16 heavy (non-hydrogen) atoms. The Morgan fingerprint density at radius 1 is 1.25 bits per heavy atom. The Balaban J connectivity index is 1.69. The first kappa shape index (κ1) is 9.85. The lowest BCUT2D eigenvalue weighted by atomic mass is 9.86. The molecule has 0 unspecified atom stereocenters. The average molecular weight is 217 g/mol. The predicted octanol–water partition coefficient (Wildman–Crippen LogP) is 1.13. The number of carbonyl (C=O) groups excluding carboxylic acids is 1. The van der Waals surface area contributed by atoms with Gasteiger partial charge in [-0.3, -0.25) is 4.79 Å². The van der Waals surface area contributed by atoms with Crippen molar-refractivity contribution in [3.05, 3.63) is 35.9 Å². The summed E-state index contributed by atoms with van der Waals surface area (Å²) in [5, 5.41) is 10.3. The minimum absolute atomic E-state index is 0.223. The van der Waals surface area contributed by atoms with Crippen molar-refractivity contribution in [1.82, 2.24) is 4.90 Å². The van der Waals surface area contributed by atoms with Crippen molar-refractivity contribution >= 4 is 5.91 Å². The van der Waals surface area contributed by atoms with Crippen LogP contribution in [0.5, 0.6) is 0 Å². The molecule has 2 aliphatic rings. The number of aliphatic hydroxyl groups is 1. The fourth-order valence-corrected chi connectivity index (χ4v) is 2.26. The second-order valence-corrected chi connectivity index (χ2v) is 4.87. The number of β-amino-alcohol motifs (C(OH)–C–C–N with tert-alkyl or cyclic N) is 1. The number of hydrogen-bond acceptors (Lipinski definition) is 2. The maximum Gasteiger partial charge on any atom is 0.225 e. The van der Waals surface area contributed by atoms with Crippen LogP contribution < -0.4 is 0 Å². The third kappa shape index (κ3) is 1.52. The Morgan fingerprint density at radius 2 is 1.88 bits per heavy atom. The average Bonchev–Trinajstić information content (AvgIpc) is 3.09. The van der Waals surface area contributed by atoms with E-state index in [4.69, 9.17) is 0 Å². The molecule has 3 heteroatoms. The highest BCUT2D eigenvalue weighted by molar-refractivity contribution is 5.82. The van der Waals surface area contributed by atoms with Crippen molar-refractivity contribution in [2.75, 3.05) is 13.1 Å². The third-order valence-corrected chi connectivity index (χ3v) is 3.45. The standard InChI is InChI=1S/C13H15NO2/c15-12(10-6-7-10)14-8-13(16,9-14)11-4-2-1-3-5-11/h1-5,10,16H,6-9H2. The quantitative estimate of drug-likeness (QED) is 0.806. The van der Waals surface area contributed by atoms with E-state index in [1.807, 2.05) is 30.3 Å². The van der Waals surface area contributed by atoms with Gasteiger partial charge in [-0.1, -0.05) is 30.3 Å². The molecule has 1 aliphatic carbocycles. The van der Waals surface area contributed by atoms with Crippen molar-refractivity contribution in [1.29, 1.82) is 0 Å². The molecule has 0 bridgehead atoms. The van der Waals surface area contributed by atoms with E-state index in [0.29, 0.717) is 13.1 Å². The molecule has 1 amide bonds. The molecule has 1 saturated heterocycles. The summed E-state index contributed by atoms with van der Waals surface area (Å²) in [5.74, 6) is 0.473. The zero-order valence-electron chi connectivity index (χ0n) is 9.10. The van der Waals surface area contributed by atoms with E-state index in [2.05, 4.69) is 0 Å². The molecule has 1 aliphatic heterocycles. The zero-order chi connectivity index (χ0) is 11.2. The van der Waals surface area contributed by atoms with Crippen LogP contribution in [0.25, 0.3) is 0 Å². The van der Waals surface area contributed by atoms with Gasteiger partial charge >= 0.3 is 0 Å². The maximum absolute atomic E-state index is 11.7. The van der Waals surface area contributed by atoms with Crippen molar-refractivity contribution in [3.8, 4) is 0 Å². The normalized spacial score (nSPS) is 22.7. The molecule has 1 heterocycles. The van der Waals surface area contributed by atoms with Crippen molar-refractivity contribution in [2.45, 2.75) is 18.4 Å². The van der Waals surface area contributed by atoms with Crippen molar-refractivity contribution in [3.63, 3.8) is 0 Å². The van der Waals surface area contributed by atoms with E-state index in [1.54, 1.807) is 4.90 Å². The molecule has 0 spiro atoms. The van der Waals surface area contributed by atoms with Gasteiger partial charge in [-0.25, -0.2) is 0 Å². The molecule has 0 radical (unpaired) electrons. The van der Waals surface area contributed by atoms with Gasteiger partial charge in [0.25, 0.3) is 0 Å². The predicted molar refractivity (Wildman–Crippen MR) is 59.6 cm³/mol. The van der Waals surface area contributed by atoms with E-state index in [-0.39, 0.29) is 11.8 Å². The molecular formula is C13H15NO2. The number of benzene rings is 1. The Hall–Kier alpha value is -1.35. The Morgan fingerprint density at radius 3 is 2.44 bits per heavy atom. The van der Waals surface area contributed by atoms with Gasteiger partial charge in [0.1, 0.15) is 5.60 Å². The summed E-state index contributed by atoms with van der Waals surface area (Å²) in [6.45, 7) is 0.901. The summed E-state index contributed by atoms with van der Waals surface area (Å²) in [6, 6.07) is 9.59. The topological polar surface area (TPSA) is 40.5 Å². The molecule has 3 nitrogen and oxygen atoms in total. The van der Waals surface area contributed by atoms with Crippen LogP contribution in [0.4, 0.5) is 0 Å². The molecule has 3 rings (SSSR count). The van der Waals surface area contributed by atoms with Crippen LogP contribution in [0.15, 0.2) is 30.3 Å². The van der Waals surface area contributed by atoms with Crippen LogP contribution in [0.3, 0.4) is 0 Å². The first-order valence-corrected chi connectivity index (χ1v) is 5.76. The van der Waals surface area contributed by atoms with Gasteiger partial charge in [-0.2, -0.15) is 0 Å². The molecule has 2 fully saturated rings. The lowest BCUT2D eigenvalue weighted by Crippen LogP contribution is -2.61. The number of carbonyl (C=O) groups is 1. The third-order valence-electron chi connectivity index (χ3n) is 3.45. The highest BCUT2D eigenvalue weighted by atomic mass is 16.3. The van der Waals surface area contributed by atoms with E-state index in [1.165, 1.54) is 0 Å². The molecule has 1 aromatic rings. The summed E-state index contributed by atoms with van der Waals surface area (Å²) < 4.78 is 0. The Kier molecular flexibility index (Phi) is 2.04. The first-order valence-electron chi connectivity index (χ1n) is 5.76. The van der Waals surface area contributed by atoms with E-state index < -0.39 is 5.60 Å². The fourth-order valence-electron chi connectivity index (χ4n) is 2.26. The smallest absolute Gasteiger partial charge is 0.225 e. The van der Waals surface area contributed by atoms with E-state index in [9.17, 15) is 9.90 Å². The van der Waals surface area contributed by atoms with E-state index >= 15 is 0 Å². The number of likely N-dealkylation sites (tertiary alicyclic amines) is 1. The lowest BCUT2D eigenvalue weighted by Gasteiger charge is -2.47. The minimum atomic E-state index is -0.814. The highest BCUT2D eigenvalue weighted by Gasteiger charge is 2.47. The highest BCUT2D eigenvalue weighted by Crippen LogP contribution is 2.37. The largest absolute Gasteiger partial charge is 0.381 e. The summed E-state index contributed by atoms with van der Waals surface area (Å²) in [5.41, 5.74) is 0.0982. The molecule has 84 valence electrons. The summed E-state index contributed by atoms with van der Waals surface area (Å²) in [6.07, 6.45) is 2.05. The zero-order valence-corrected chi connectivity index (χ0v) is 9.10. The SMILES string of the molecule is O=C(C1CC1)N1CC(O)(c2ccccc2)C1. The molecule has 0 aromatic heterocycles. The van der Waals surface area contributed by atoms with Gasteiger partial charge in [-0.05, 0) is 18.4 Å². The van der Waals surface area contributed by atoms with E-state index in [0.717, 1.165) is 18.4 Å². The van der Waals surface area contributed by atoms with Gasteiger partial charge < -0.3 is 10.0 Å². The fraction of sp³-hybridized carbons (Fsp3) is 0.462. The first-order chi connectivity index (χ1) is 7.69. The number of hydrogen-bond donors (Lipinski definition) is 1. The number of amides is 1. The Labute approximate surface area is 94.7 Å². The van der Waals surface area contributed by atoms with Gasteiger partial charge in [0.2, 0.25) is 5.91 Å². The molecule has 1 aromatic carbocycles. The second kappa shape index (κ2) is 3.32. The van der Waals surface area contributed by atoms with Gasteiger partial charge in [0, 0.05) is 5.92 Å². The summed E-state index contributed by atoms with van der Waals surface area (Å²) in [4.78, 5) is 13.5.